The van der Waals surface area contributed by atoms with E-state index in [0.717, 1.165) is 38.2 Å². The minimum atomic E-state index is -4.43. The number of aliphatic carboxylic acids is 1. The number of benzene rings is 1. The quantitative estimate of drug-likeness (QED) is 0.193. The molecule has 3 rings (SSSR count). The number of hydrogen-bond donors (Lipinski definition) is 3. The minimum Gasteiger partial charge on any atom is -0.481 e. The number of hydroxylamine groups is 1. The predicted octanol–water partition coefficient (Wildman–Crippen LogP) is 6.06. The van der Waals surface area contributed by atoms with E-state index in [9.17, 15) is 18.0 Å². The summed E-state index contributed by atoms with van der Waals surface area (Å²) >= 11 is 6.20. The molecule has 35 heavy (non-hydrogen) atoms. The number of rotatable bonds is 11. The highest BCUT2D eigenvalue weighted by atomic mass is 35.5. The van der Waals surface area contributed by atoms with Gasteiger partial charge in [-0.2, -0.15) is 13.2 Å². The van der Waals surface area contributed by atoms with E-state index in [1.807, 2.05) is 0 Å². The van der Waals surface area contributed by atoms with Gasteiger partial charge in [0, 0.05) is 18.7 Å². The normalized spacial score (nSPS) is 14.6. The summed E-state index contributed by atoms with van der Waals surface area (Å²) < 4.78 is 41.2. The molecule has 3 N–H and O–H groups in total. The Hall–Kier alpha value is -2.62. The molecule has 2 aromatic rings. The van der Waals surface area contributed by atoms with E-state index >= 15 is 0 Å². The first-order chi connectivity index (χ1) is 16.6. The van der Waals surface area contributed by atoms with Gasteiger partial charge in [0.25, 0.3) is 0 Å². The topological polar surface area (TPSA) is 83.5 Å². The summed E-state index contributed by atoms with van der Waals surface area (Å²) in [5, 5.41) is 11.9. The average molecular weight is 512 g/mol. The van der Waals surface area contributed by atoms with Gasteiger partial charge in [0.15, 0.2) is 0 Å². The highest BCUT2D eigenvalue weighted by Crippen LogP contribution is 2.41. The molecule has 190 valence electrons. The van der Waals surface area contributed by atoms with Gasteiger partial charge in [-0.15, -0.1) is 0 Å². The molecule has 0 amide bonds. The van der Waals surface area contributed by atoms with Gasteiger partial charge in [-0.1, -0.05) is 55.6 Å². The zero-order chi connectivity index (χ0) is 25.4. The number of carboxylic acids is 1. The Balaban J connectivity index is 1.57. The lowest BCUT2D eigenvalue weighted by molar-refractivity contribution is -0.139. The van der Waals surface area contributed by atoms with Gasteiger partial charge in [0.2, 0.25) is 0 Å². The maximum atomic E-state index is 13.7. The Bertz CT molecular complexity index is 1040. The number of alkyl halides is 3. The van der Waals surface area contributed by atoms with Crippen LogP contribution in [0.3, 0.4) is 0 Å². The number of carboxylic acid groups (broad SMARTS) is 1. The van der Waals surface area contributed by atoms with Crippen LogP contribution in [0.25, 0.3) is 5.70 Å². The second kappa shape index (κ2) is 12.4. The van der Waals surface area contributed by atoms with Crippen LogP contribution in [0.2, 0.25) is 5.15 Å². The van der Waals surface area contributed by atoms with Gasteiger partial charge in [0.1, 0.15) is 5.15 Å². The first kappa shape index (κ1) is 27.0. The maximum Gasteiger partial charge on any atom is 0.416 e. The van der Waals surface area contributed by atoms with Gasteiger partial charge in [0.05, 0.1) is 30.0 Å². The molecular weight excluding hydrogens is 483 g/mol. The van der Waals surface area contributed by atoms with Crippen molar-refractivity contribution < 1.29 is 27.9 Å². The number of hydrogen-bond acceptors (Lipinski definition) is 5. The van der Waals surface area contributed by atoms with E-state index in [1.165, 1.54) is 0 Å². The number of aromatic nitrogens is 1. The van der Waals surface area contributed by atoms with E-state index in [1.54, 1.807) is 24.3 Å². The van der Waals surface area contributed by atoms with Crippen LogP contribution >= 0.6 is 11.6 Å². The van der Waals surface area contributed by atoms with E-state index < -0.39 is 17.7 Å². The lowest BCUT2D eigenvalue weighted by Crippen LogP contribution is -2.18. The molecule has 0 radical (unpaired) electrons. The lowest BCUT2D eigenvalue weighted by atomic mass is 9.81. The summed E-state index contributed by atoms with van der Waals surface area (Å²) in [5.74, 6) is -0.950. The van der Waals surface area contributed by atoms with E-state index in [-0.39, 0.29) is 24.1 Å². The van der Waals surface area contributed by atoms with Crippen molar-refractivity contribution in [3.05, 3.63) is 70.0 Å². The predicted molar refractivity (Wildman–Crippen MR) is 127 cm³/mol. The van der Waals surface area contributed by atoms with Crippen LogP contribution < -0.4 is 10.8 Å². The standard InChI is InChI=1S/C25H29ClF3N3O3/c1-16(22-10-8-19(24(26)31-22)14-30-12-11-23(33)34)32-35-15-17-7-9-20(18-5-3-2-4-6-18)21(13-17)25(27,28)29/h7-10,13,18,30,32H,1-6,11-12,14-15H2,(H,33,34). The van der Waals surface area contributed by atoms with E-state index in [2.05, 4.69) is 22.4 Å². The van der Waals surface area contributed by atoms with Gasteiger partial charge in [-0.05, 0) is 42.0 Å². The Morgan fingerprint density at radius 3 is 2.60 bits per heavy atom. The molecule has 1 aliphatic carbocycles. The van der Waals surface area contributed by atoms with Crippen molar-refractivity contribution in [1.29, 1.82) is 0 Å². The molecule has 0 aliphatic heterocycles. The first-order valence-electron chi connectivity index (χ1n) is 11.5. The van der Waals surface area contributed by atoms with Crippen LogP contribution in [0.4, 0.5) is 13.2 Å². The average Bonchev–Trinajstić information content (AvgIpc) is 2.82. The second-order valence-corrected chi connectivity index (χ2v) is 8.95. The molecule has 0 unspecified atom stereocenters. The van der Waals surface area contributed by atoms with Crippen LogP contribution in [0.5, 0.6) is 0 Å². The fraction of sp³-hybridized carbons (Fsp3) is 0.440. The maximum absolute atomic E-state index is 13.7. The molecule has 1 fully saturated rings. The Morgan fingerprint density at radius 2 is 1.94 bits per heavy atom. The second-order valence-electron chi connectivity index (χ2n) is 8.59. The van der Waals surface area contributed by atoms with Crippen molar-refractivity contribution >= 4 is 23.3 Å². The largest absolute Gasteiger partial charge is 0.481 e. The molecule has 0 spiro atoms. The highest BCUT2D eigenvalue weighted by Gasteiger charge is 2.35. The lowest BCUT2D eigenvalue weighted by Gasteiger charge is -2.25. The van der Waals surface area contributed by atoms with E-state index in [4.69, 9.17) is 21.5 Å². The van der Waals surface area contributed by atoms with Crippen molar-refractivity contribution in [2.24, 2.45) is 0 Å². The molecule has 10 heteroatoms. The molecule has 6 nitrogen and oxygen atoms in total. The molecule has 1 saturated carbocycles. The summed E-state index contributed by atoms with van der Waals surface area (Å²) in [5.41, 5.74) is 4.19. The Morgan fingerprint density at radius 1 is 1.20 bits per heavy atom. The van der Waals surface area contributed by atoms with Crippen molar-refractivity contribution in [3.8, 4) is 0 Å². The summed E-state index contributed by atoms with van der Waals surface area (Å²) in [6.45, 7) is 4.40. The number of pyridine rings is 1. The van der Waals surface area contributed by atoms with Gasteiger partial charge < -0.3 is 10.4 Å². The third-order valence-corrected chi connectivity index (χ3v) is 6.30. The third-order valence-electron chi connectivity index (χ3n) is 5.97. The zero-order valence-corrected chi connectivity index (χ0v) is 20.0. The van der Waals surface area contributed by atoms with Crippen molar-refractivity contribution in [2.75, 3.05) is 6.54 Å². The molecule has 1 aliphatic rings. The molecule has 0 atom stereocenters. The van der Waals surface area contributed by atoms with Crippen molar-refractivity contribution in [3.63, 3.8) is 0 Å². The summed E-state index contributed by atoms with van der Waals surface area (Å²) in [7, 11) is 0. The van der Waals surface area contributed by atoms with Gasteiger partial charge in [-0.3, -0.25) is 15.1 Å². The minimum absolute atomic E-state index is 0.00499. The summed E-state index contributed by atoms with van der Waals surface area (Å²) in [6.07, 6.45) is 0.129. The number of nitrogens with zero attached hydrogens (tertiary/aromatic N) is 1. The molecule has 1 aromatic heterocycles. The first-order valence-corrected chi connectivity index (χ1v) is 11.9. The fourth-order valence-corrected chi connectivity index (χ4v) is 4.37. The monoisotopic (exact) mass is 511 g/mol. The smallest absolute Gasteiger partial charge is 0.416 e. The molecule has 0 saturated heterocycles. The van der Waals surface area contributed by atoms with Gasteiger partial charge >= 0.3 is 12.1 Å². The van der Waals surface area contributed by atoms with Crippen LogP contribution in [0, 0.1) is 0 Å². The highest BCUT2D eigenvalue weighted by molar-refractivity contribution is 6.30. The number of carbonyl (C=O) groups is 1. The zero-order valence-electron chi connectivity index (χ0n) is 19.3. The molecule has 1 aromatic carbocycles. The van der Waals surface area contributed by atoms with Crippen LogP contribution in [0.1, 0.15) is 72.4 Å². The Labute approximate surface area is 207 Å². The molecular formula is C25H29ClF3N3O3. The summed E-state index contributed by atoms with van der Waals surface area (Å²) in [6, 6.07) is 7.81. The summed E-state index contributed by atoms with van der Waals surface area (Å²) in [4.78, 5) is 20.2. The van der Waals surface area contributed by atoms with E-state index in [0.29, 0.717) is 41.2 Å². The van der Waals surface area contributed by atoms with Crippen LogP contribution in [-0.2, 0) is 29.0 Å². The number of nitrogens with one attached hydrogen (secondary N) is 2. The molecule has 0 bridgehead atoms. The van der Waals surface area contributed by atoms with Crippen molar-refractivity contribution in [1.82, 2.24) is 15.8 Å². The SMILES string of the molecule is C=C(NOCc1ccc(C2CCCCC2)c(C(F)(F)F)c1)c1ccc(CNCCC(=O)O)c(Cl)n1. The van der Waals surface area contributed by atoms with Gasteiger partial charge in [-0.25, -0.2) is 4.98 Å². The van der Waals surface area contributed by atoms with Crippen molar-refractivity contribution in [2.45, 2.75) is 63.8 Å². The Kier molecular flexibility index (Phi) is 9.54. The van der Waals surface area contributed by atoms with Crippen LogP contribution in [0.15, 0.2) is 36.9 Å². The third kappa shape index (κ3) is 7.95. The van der Waals surface area contributed by atoms with Crippen LogP contribution in [-0.4, -0.2) is 22.6 Å². The molecule has 1 heterocycles. The fourth-order valence-electron chi connectivity index (χ4n) is 4.15. The number of halogens is 4.